The van der Waals surface area contributed by atoms with Crippen molar-refractivity contribution in [3.05, 3.63) is 29.8 Å². The number of hydrogen-bond donors (Lipinski definition) is 23. The first-order valence-electron chi connectivity index (χ1n) is 25.4. The number of aliphatic hydroxyl groups excluding tert-OH is 1. The number of aliphatic hydroxyl groups is 1. The summed E-state index contributed by atoms with van der Waals surface area (Å²) in [5.41, 5.74) is 40.1. The fraction of sp³-hybridized carbons (Fsp3) is 0.630. The van der Waals surface area contributed by atoms with Crippen LogP contribution in [-0.4, -0.2) is 186 Å². The summed E-state index contributed by atoms with van der Waals surface area (Å²) in [6.07, 6.45) is -0.978. The Morgan fingerprint density at radius 2 is 0.885 bits per heavy atom. The number of thiol groups is 1. The lowest BCUT2D eigenvalue weighted by Crippen LogP contribution is -2.62. The second-order valence-corrected chi connectivity index (χ2v) is 18.5. The largest absolute Gasteiger partial charge is 0.508 e. The van der Waals surface area contributed by atoms with E-state index in [-0.39, 0.29) is 114 Å². The summed E-state index contributed by atoms with van der Waals surface area (Å²) in [5, 5.41) is 69.8. The molecule has 32 heteroatoms. The highest BCUT2D eigenvalue weighted by Crippen LogP contribution is 2.13. The fourth-order valence-electron chi connectivity index (χ4n) is 7.37. The molecule has 0 radical (unpaired) electrons. The number of benzene rings is 1. The van der Waals surface area contributed by atoms with Crippen LogP contribution in [0, 0.1) is 10.8 Å². The van der Waals surface area contributed by atoms with Crippen molar-refractivity contribution >= 4 is 77.8 Å². The number of hydrogen-bond acceptors (Lipinski definition) is 19. The van der Waals surface area contributed by atoms with Crippen LogP contribution in [0.2, 0.25) is 0 Å². The van der Waals surface area contributed by atoms with E-state index in [0.717, 1.165) is 0 Å². The van der Waals surface area contributed by atoms with E-state index in [0.29, 0.717) is 24.8 Å². The summed E-state index contributed by atoms with van der Waals surface area (Å²) in [7, 11) is 0. The fourth-order valence-corrected chi connectivity index (χ4v) is 7.62. The van der Waals surface area contributed by atoms with Gasteiger partial charge in [0.1, 0.15) is 54.1 Å². The van der Waals surface area contributed by atoms with Crippen molar-refractivity contribution < 1.29 is 58.5 Å². The highest BCUT2D eigenvalue weighted by molar-refractivity contribution is 7.80. The van der Waals surface area contributed by atoms with Gasteiger partial charge in [0.05, 0.1) is 12.1 Å². The number of phenolic OH excluding ortho intramolecular Hbond substituents is 1. The number of carboxylic acid groups (broad SMARTS) is 1. The number of carboxylic acids is 1. The molecule has 0 aromatic heterocycles. The molecule has 0 spiro atoms. The van der Waals surface area contributed by atoms with Crippen LogP contribution >= 0.6 is 12.6 Å². The van der Waals surface area contributed by atoms with E-state index < -0.39 is 114 Å². The predicted octanol–water partition coefficient (Wildman–Crippen LogP) is -7.76. The molecule has 31 nitrogen and oxygen atoms in total. The first kappa shape index (κ1) is 68.9. The van der Waals surface area contributed by atoms with E-state index >= 15 is 0 Å². The number of rotatable bonds is 39. The van der Waals surface area contributed by atoms with Gasteiger partial charge >= 0.3 is 5.97 Å². The molecule has 0 aliphatic rings. The summed E-state index contributed by atoms with van der Waals surface area (Å²) in [6.45, 7) is 1.36. The van der Waals surface area contributed by atoms with Crippen molar-refractivity contribution in [3.63, 3.8) is 0 Å². The molecule has 78 heavy (non-hydrogen) atoms. The second-order valence-electron chi connectivity index (χ2n) is 18.1. The summed E-state index contributed by atoms with van der Waals surface area (Å²) in [5.74, 6) is -9.63. The van der Waals surface area contributed by atoms with Gasteiger partial charge in [-0.25, -0.2) is 4.79 Å². The molecule has 29 N–H and O–H groups in total. The van der Waals surface area contributed by atoms with Crippen LogP contribution in [0.3, 0.4) is 0 Å². The number of nitrogens with one attached hydrogen (secondary N) is 12. The van der Waals surface area contributed by atoms with Crippen LogP contribution in [0.5, 0.6) is 5.75 Å². The van der Waals surface area contributed by atoms with E-state index in [1.54, 1.807) is 0 Å². The molecule has 0 bridgehead atoms. The van der Waals surface area contributed by atoms with Gasteiger partial charge in [-0.15, -0.1) is 0 Å². The molecular formula is C46H83N19O12S. The molecule has 10 atom stereocenters. The van der Waals surface area contributed by atoms with Gasteiger partial charge in [0.15, 0.2) is 11.9 Å². The molecule has 0 aliphatic carbocycles. The maximum Gasteiger partial charge on any atom is 0.326 e. The second kappa shape index (κ2) is 37.6. The van der Waals surface area contributed by atoms with Crippen LogP contribution < -0.4 is 93.3 Å². The molecule has 440 valence electrons. The highest BCUT2D eigenvalue weighted by Gasteiger charge is 2.36. The Morgan fingerprint density at radius 1 is 0.513 bits per heavy atom. The maximum absolute atomic E-state index is 13.9. The average molecular weight is 1130 g/mol. The van der Waals surface area contributed by atoms with E-state index in [1.807, 2.05) is 0 Å². The minimum Gasteiger partial charge on any atom is -0.508 e. The van der Waals surface area contributed by atoms with Crippen LogP contribution in [-0.2, 0) is 49.6 Å². The van der Waals surface area contributed by atoms with Crippen LogP contribution in [0.25, 0.3) is 0 Å². The van der Waals surface area contributed by atoms with Gasteiger partial charge in [0, 0.05) is 25.3 Å². The Bertz CT molecular complexity index is 2130. The molecule has 8 amide bonds. The van der Waals surface area contributed by atoms with Crippen LogP contribution in [0.15, 0.2) is 24.3 Å². The SMILES string of the molecule is C[C@@H](O)[C@H](NC(=O)[C@H](CCN)NC(=O)[C@@H](N)CCCNC(=N)N)C(=O)N[C@H](CCN)C(=O)N[C@@H](CCCCN)C(=O)N[C@@H](CS)C(=O)N[C@@H](CCN)C(=O)N[C@@H](CCCNC(=N)N)C(=O)N[C@@H](Cc1ccc(O)cc1)C(=O)O. The zero-order valence-electron chi connectivity index (χ0n) is 43.8. The average Bonchev–Trinajstić information content (AvgIpc) is 3.38. The van der Waals surface area contributed by atoms with Gasteiger partial charge < -0.3 is 109 Å². The number of carbonyl (C=O) groups is 9. The number of amides is 8. The number of phenols is 1. The normalized spacial score (nSPS) is 14.8. The Hall–Kier alpha value is -7.10. The third-order valence-electron chi connectivity index (χ3n) is 11.7. The van der Waals surface area contributed by atoms with Crippen molar-refractivity contribution in [1.82, 2.24) is 53.2 Å². The lowest BCUT2D eigenvalue weighted by Gasteiger charge is -2.28. The number of aromatic hydroxyl groups is 1. The Kier molecular flexibility index (Phi) is 33.3. The van der Waals surface area contributed by atoms with E-state index in [1.165, 1.54) is 31.2 Å². The molecule has 0 saturated carbocycles. The highest BCUT2D eigenvalue weighted by atomic mass is 32.1. The van der Waals surface area contributed by atoms with Gasteiger partial charge in [-0.3, -0.25) is 49.2 Å². The first-order chi connectivity index (χ1) is 36.9. The molecule has 1 rings (SSSR count). The molecular weight excluding hydrogens is 1040 g/mol. The Balaban J connectivity index is 3.27. The van der Waals surface area contributed by atoms with Crippen LogP contribution in [0.4, 0.5) is 0 Å². The molecule has 0 unspecified atom stereocenters. The molecule has 1 aromatic carbocycles. The van der Waals surface area contributed by atoms with E-state index in [4.69, 9.17) is 51.0 Å². The van der Waals surface area contributed by atoms with Gasteiger partial charge in [-0.05, 0) is 115 Å². The summed E-state index contributed by atoms with van der Waals surface area (Å²) in [6, 6.07) is -6.97. The van der Waals surface area contributed by atoms with Crippen molar-refractivity contribution in [2.45, 2.75) is 138 Å². The predicted molar refractivity (Wildman–Crippen MR) is 291 cm³/mol. The van der Waals surface area contributed by atoms with Crippen molar-refractivity contribution in [1.29, 1.82) is 10.8 Å². The molecule has 0 fully saturated rings. The number of nitrogens with two attached hydrogens (primary N) is 7. The zero-order valence-corrected chi connectivity index (χ0v) is 44.7. The van der Waals surface area contributed by atoms with Gasteiger partial charge in [-0.2, -0.15) is 12.6 Å². The van der Waals surface area contributed by atoms with Crippen LogP contribution in [0.1, 0.15) is 76.7 Å². The lowest BCUT2D eigenvalue weighted by atomic mass is 10.0. The number of carbonyl (C=O) groups excluding carboxylic acids is 8. The summed E-state index contributed by atoms with van der Waals surface area (Å²) >= 11 is 4.24. The smallest absolute Gasteiger partial charge is 0.326 e. The quantitative estimate of drug-likeness (QED) is 0.0126. The first-order valence-corrected chi connectivity index (χ1v) is 26.0. The summed E-state index contributed by atoms with van der Waals surface area (Å²) < 4.78 is 0. The maximum atomic E-state index is 13.9. The molecule has 0 heterocycles. The van der Waals surface area contributed by atoms with Gasteiger partial charge in [0.25, 0.3) is 0 Å². The van der Waals surface area contributed by atoms with E-state index in [9.17, 15) is 58.5 Å². The minimum absolute atomic E-state index is 0.0280. The summed E-state index contributed by atoms with van der Waals surface area (Å²) in [4.78, 5) is 121. The number of unbranched alkanes of at least 4 members (excludes halogenated alkanes) is 1. The zero-order chi connectivity index (χ0) is 58.9. The Labute approximate surface area is 457 Å². The lowest BCUT2D eigenvalue weighted by molar-refractivity contribution is -0.142. The topological polar surface area (TPSA) is 564 Å². The van der Waals surface area contributed by atoms with E-state index in [2.05, 4.69) is 65.8 Å². The van der Waals surface area contributed by atoms with Crippen molar-refractivity contribution in [2.24, 2.45) is 40.1 Å². The van der Waals surface area contributed by atoms with Gasteiger partial charge in [0.2, 0.25) is 47.3 Å². The third-order valence-corrected chi connectivity index (χ3v) is 12.0. The molecule has 1 aromatic rings. The van der Waals surface area contributed by atoms with Crippen molar-refractivity contribution in [2.75, 3.05) is 45.0 Å². The standard InChI is InChI=1S/C46H83N19O12S/c1-24(66)35(65-41(73)32(15-19-50)58-36(68)27(51)6-4-20-56-45(52)53)43(75)62-31(14-18-49)40(72)59-28(7-2-3-16-47)38(70)64-34(23-78)42(74)61-30(13-17-48)39(71)60-29(8-5-21-57-46(54)55)37(69)63-33(44(76)77)22-25-9-11-26(67)12-10-25/h9-12,24,27-35,66-67,78H,2-8,13-23,47-51H2,1H3,(H,58,68)(H,59,72)(H,60,71)(H,61,74)(H,62,75)(H,63,69)(H,64,70)(H,65,73)(H,76,77)(H4,52,53,56)(H4,54,55,57)/t24-,27+,28+,29+,30+,31-,32+,33+,34+,35+/m1/s1. The Morgan fingerprint density at radius 3 is 1.29 bits per heavy atom. The molecule has 0 saturated heterocycles. The third kappa shape index (κ3) is 26.8. The van der Waals surface area contributed by atoms with Crippen molar-refractivity contribution in [3.8, 4) is 5.75 Å². The number of aliphatic carboxylic acids is 1. The number of guanidine groups is 2. The monoisotopic (exact) mass is 1130 g/mol. The minimum atomic E-state index is -1.69. The van der Waals surface area contributed by atoms with Gasteiger partial charge in [-0.1, -0.05) is 12.1 Å². The molecule has 0 aliphatic heterocycles.